The topological polar surface area (TPSA) is 20.3 Å². The summed E-state index contributed by atoms with van der Waals surface area (Å²) < 4.78 is 0.918. The number of amides is 1. The van der Waals surface area contributed by atoms with Gasteiger partial charge < -0.3 is 4.90 Å². The van der Waals surface area contributed by atoms with Crippen molar-refractivity contribution in [1.82, 2.24) is 4.90 Å². The number of thiophene rings is 1. The normalized spacial score (nSPS) is 11.3. The molecule has 0 aromatic carbocycles. The molecule has 0 aliphatic rings. The van der Waals surface area contributed by atoms with E-state index in [0.717, 1.165) is 35.3 Å². The average Bonchev–Trinajstić information content (AvgIpc) is 2.74. The van der Waals surface area contributed by atoms with E-state index in [1.54, 1.807) is 0 Å². The fourth-order valence-corrected chi connectivity index (χ4v) is 3.24. The summed E-state index contributed by atoms with van der Waals surface area (Å²) in [5.41, 5.74) is 0. The summed E-state index contributed by atoms with van der Waals surface area (Å²) in [4.78, 5) is 15.4. The van der Waals surface area contributed by atoms with Crippen LogP contribution in [0.15, 0.2) is 15.9 Å². The van der Waals surface area contributed by atoms with Gasteiger partial charge in [-0.1, -0.05) is 27.7 Å². The van der Waals surface area contributed by atoms with Crippen LogP contribution in [0.3, 0.4) is 0 Å². The number of halogens is 1. The van der Waals surface area contributed by atoms with Gasteiger partial charge in [-0.3, -0.25) is 4.79 Å². The summed E-state index contributed by atoms with van der Waals surface area (Å²) in [6.45, 7) is 10.5. The van der Waals surface area contributed by atoms with Crippen molar-refractivity contribution in [3.8, 4) is 0 Å². The lowest BCUT2D eigenvalue weighted by Crippen LogP contribution is -2.33. The highest BCUT2D eigenvalue weighted by Crippen LogP contribution is 2.24. The number of carbonyl (C=O) groups excluding carboxylic acids is 1. The molecule has 1 aromatic heterocycles. The van der Waals surface area contributed by atoms with Crippen molar-refractivity contribution < 1.29 is 4.79 Å². The maximum atomic E-state index is 12.6. The number of hydrogen-bond acceptors (Lipinski definition) is 2. The van der Waals surface area contributed by atoms with E-state index in [2.05, 4.69) is 43.6 Å². The highest BCUT2D eigenvalue weighted by atomic mass is 79.9. The summed E-state index contributed by atoms with van der Waals surface area (Å²) in [5.74, 6) is 1.42. The van der Waals surface area contributed by atoms with Gasteiger partial charge in [-0.15, -0.1) is 11.3 Å². The standard InChI is InChI=1S/C15H24BrNOS/c1-11(2)5-8-17(9-6-12(3)4)15(18)14-13(16)7-10-19-14/h7,10-12H,5-6,8-9H2,1-4H3. The van der Waals surface area contributed by atoms with Crippen LogP contribution >= 0.6 is 27.3 Å². The van der Waals surface area contributed by atoms with Gasteiger partial charge in [0.15, 0.2) is 0 Å². The first-order chi connectivity index (χ1) is 8.91. The van der Waals surface area contributed by atoms with E-state index in [-0.39, 0.29) is 5.91 Å². The lowest BCUT2D eigenvalue weighted by atomic mass is 10.1. The fraction of sp³-hybridized carbons (Fsp3) is 0.667. The second-order valence-corrected chi connectivity index (χ2v) is 7.53. The Kier molecular flexibility index (Phi) is 7.08. The largest absolute Gasteiger partial charge is 0.338 e. The lowest BCUT2D eigenvalue weighted by Gasteiger charge is -2.24. The Balaban J connectivity index is 2.71. The van der Waals surface area contributed by atoms with Crippen LogP contribution in [0.25, 0.3) is 0 Å². The van der Waals surface area contributed by atoms with Crippen LogP contribution in [0.4, 0.5) is 0 Å². The van der Waals surface area contributed by atoms with Gasteiger partial charge in [0.25, 0.3) is 5.91 Å². The van der Waals surface area contributed by atoms with Gasteiger partial charge in [-0.25, -0.2) is 0 Å². The number of nitrogens with zero attached hydrogens (tertiary/aromatic N) is 1. The maximum Gasteiger partial charge on any atom is 0.265 e. The van der Waals surface area contributed by atoms with Crippen LogP contribution in [0.5, 0.6) is 0 Å². The summed E-state index contributed by atoms with van der Waals surface area (Å²) in [6, 6.07) is 1.95. The molecule has 108 valence electrons. The highest BCUT2D eigenvalue weighted by molar-refractivity contribution is 9.10. The van der Waals surface area contributed by atoms with Gasteiger partial charge >= 0.3 is 0 Å². The van der Waals surface area contributed by atoms with Crippen LogP contribution < -0.4 is 0 Å². The molecule has 0 aliphatic carbocycles. The second kappa shape index (κ2) is 8.05. The molecular formula is C15H24BrNOS. The molecule has 0 fully saturated rings. The van der Waals surface area contributed by atoms with Gasteiger partial charge in [-0.05, 0) is 52.1 Å². The van der Waals surface area contributed by atoms with Gasteiger partial charge in [0.2, 0.25) is 0 Å². The molecule has 1 heterocycles. The maximum absolute atomic E-state index is 12.6. The highest BCUT2D eigenvalue weighted by Gasteiger charge is 2.19. The zero-order chi connectivity index (χ0) is 14.4. The van der Waals surface area contributed by atoms with Crippen LogP contribution in [0, 0.1) is 11.8 Å². The van der Waals surface area contributed by atoms with Gasteiger partial charge in [0.1, 0.15) is 4.88 Å². The molecule has 0 bridgehead atoms. The first kappa shape index (κ1) is 16.7. The molecule has 0 N–H and O–H groups in total. The van der Waals surface area contributed by atoms with Crippen molar-refractivity contribution in [1.29, 1.82) is 0 Å². The van der Waals surface area contributed by atoms with Crippen LogP contribution in [-0.2, 0) is 0 Å². The van der Waals surface area contributed by atoms with E-state index in [0.29, 0.717) is 11.8 Å². The number of hydrogen-bond donors (Lipinski definition) is 0. The van der Waals surface area contributed by atoms with Crippen molar-refractivity contribution in [2.45, 2.75) is 40.5 Å². The van der Waals surface area contributed by atoms with Crippen LogP contribution in [0.1, 0.15) is 50.2 Å². The van der Waals surface area contributed by atoms with Crippen molar-refractivity contribution in [3.63, 3.8) is 0 Å². The Bertz CT molecular complexity index is 389. The Labute approximate surface area is 129 Å². The Morgan fingerprint density at radius 1 is 1.21 bits per heavy atom. The second-order valence-electron chi connectivity index (χ2n) is 5.75. The molecule has 0 atom stereocenters. The third kappa shape index (κ3) is 5.65. The molecule has 1 rings (SSSR count). The van der Waals surface area contributed by atoms with E-state index in [9.17, 15) is 4.79 Å². The third-order valence-electron chi connectivity index (χ3n) is 3.05. The predicted octanol–water partition coefficient (Wildman–Crippen LogP) is 5.05. The monoisotopic (exact) mass is 345 g/mol. The van der Waals surface area contributed by atoms with Crippen LogP contribution in [-0.4, -0.2) is 23.9 Å². The minimum atomic E-state index is 0.170. The van der Waals surface area contributed by atoms with E-state index in [1.807, 2.05) is 16.3 Å². The molecule has 1 aromatic rings. The molecule has 0 saturated heterocycles. The van der Waals surface area contributed by atoms with E-state index in [1.165, 1.54) is 11.3 Å². The number of rotatable bonds is 7. The first-order valence-electron chi connectivity index (χ1n) is 6.94. The molecule has 0 saturated carbocycles. The van der Waals surface area contributed by atoms with Crippen molar-refractivity contribution in [3.05, 3.63) is 20.8 Å². The zero-order valence-electron chi connectivity index (χ0n) is 12.3. The first-order valence-corrected chi connectivity index (χ1v) is 8.61. The van der Waals surface area contributed by atoms with Crippen molar-refractivity contribution >= 4 is 33.2 Å². The third-order valence-corrected chi connectivity index (χ3v) is 4.88. The van der Waals surface area contributed by atoms with Crippen molar-refractivity contribution in [2.24, 2.45) is 11.8 Å². The molecule has 0 aliphatic heterocycles. The fourth-order valence-electron chi connectivity index (χ4n) is 1.73. The van der Waals surface area contributed by atoms with E-state index >= 15 is 0 Å². The molecule has 2 nitrogen and oxygen atoms in total. The van der Waals surface area contributed by atoms with Crippen LogP contribution in [0.2, 0.25) is 0 Å². The van der Waals surface area contributed by atoms with Gasteiger partial charge in [0.05, 0.1) is 0 Å². The molecule has 19 heavy (non-hydrogen) atoms. The van der Waals surface area contributed by atoms with E-state index in [4.69, 9.17) is 0 Å². The predicted molar refractivity (Wildman–Crippen MR) is 86.8 cm³/mol. The summed E-state index contributed by atoms with van der Waals surface area (Å²) in [7, 11) is 0. The van der Waals surface area contributed by atoms with Gasteiger partial charge in [-0.2, -0.15) is 0 Å². The summed E-state index contributed by atoms with van der Waals surface area (Å²) in [6.07, 6.45) is 2.12. The molecule has 0 radical (unpaired) electrons. The Morgan fingerprint density at radius 3 is 2.11 bits per heavy atom. The lowest BCUT2D eigenvalue weighted by molar-refractivity contribution is 0.0745. The number of carbonyl (C=O) groups is 1. The van der Waals surface area contributed by atoms with Gasteiger partial charge in [0, 0.05) is 17.6 Å². The van der Waals surface area contributed by atoms with Crippen molar-refractivity contribution in [2.75, 3.05) is 13.1 Å². The quantitative estimate of drug-likeness (QED) is 0.677. The smallest absolute Gasteiger partial charge is 0.265 e. The molecule has 4 heteroatoms. The zero-order valence-corrected chi connectivity index (χ0v) is 14.7. The Morgan fingerprint density at radius 2 is 1.74 bits per heavy atom. The SMILES string of the molecule is CC(C)CCN(CCC(C)C)C(=O)c1sccc1Br. The summed E-state index contributed by atoms with van der Waals surface area (Å²) in [5, 5.41) is 1.96. The average molecular weight is 346 g/mol. The molecule has 0 spiro atoms. The minimum Gasteiger partial charge on any atom is -0.338 e. The molecule has 0 unspecified atom stereocenters. The molecule has 1 amide bonds. The Hall–Kier alpha value is -0.350. The minimum absolute atomic E-state index is 0.170. The summed E-state index contributed by atoms with van der Waals surface area (Å²) >= 11 is 4.97. The molecular weight excluding hydrogens is 322 g/mol. The van der Waals surface area contributed by atoms with E-state index < -0.39 is 0 Å².